The molecule has 0 aliphatic carbocycles. The minimum Gasteiger partial charge on any atom is -0.481 e. The maximum atomic E-state index is 12.1. The monoisotopic (exact) mass is 270 g/mol. The van der Waals surface area contributed by atoms with Crippen molar-refractivity contribution in [1.29, 1.82) is 0 Å². The van der Waals surface area contributed by atoms with Crippen LogP contribution in [0.2, 0.25) is 0 Å². The van der Waals surface area contributed by atoms with Crippen LogP contribution in [0.3, 0.4) is 0 Å². The van der Waals surface area contributed by atoms with E-state index in [1.165, 1.54) is 0 Å². The minimum atomic E-state index is -0.836. The van der Waals surface area contributed by atoms with Crippen LogP contribution in [0.25, 0.3) is 0 Å². The van der Waals surface area contributed by atoms with Gasteiger partial charge < -0.3 is 15.3 Å². The van der Waals surface area contributed by atoms with Crippen LogP contribution in [0.15, 0.2) is 0 Å². The van der Waals surface area contributed by atoms with Gasteiger partial charge in [-0.3, -0.25) is 4.79 Å². The molecule has 0 aromatic carbocycles. The molecule has 0 bridgehead atoms. The van der Waals surface area contributed by atoms with Gasteiger partial charge in [0.05, 0.1) is 6.42 Å². The number of likely N-dealkylation sites (tertiary alicyclic amines) is 1. The number of nitrogens with one attached hydrogen (secondary N) is 1. The molecule has 5 nitrogen and oxygen atoms in total. The van der Waals surface area contributed by atoms with Gasteiger partial charge in [0, 0.05) is 18.6 Å². The number of hydrogen-bond donors (Lipinski definition) is 2. The van der Waals surface area contributed by atoms with Gasteiger partial charge in [0.15, 0.2) is 0 Å². The van der Waals surface area contributed by atoms with Gasteiger partial charge in [0.2, 0.25) is 0 Å². The van der Waals surface area contributed by atoms with Gasteiger partial charge in [-0.15, -0.1) is 0 Å². The Morgan fingerprint density at radius 1 is 1.32 bits per heavy atom. The zero-order valence-corrected chi connectivity index (χ0v) is 12.2. The van der Waals surface area contributed by atoms with Gasteiger partial charge in [0.1, 0.15) is 0 Å². The molecule has 2 atom stereocenters. The van der Waals surface area contributed by atoms with Crippen LogP contribution in [0, 0.1) is 5.92 Å². The molecule has 0 saturated carbocycles. The summed E-state index contributed by atoms with van der Waals surface area (Å²) in [5.74, 6) is -0.205. The van der Waals surface area contributed by atoms with E-state index in [1.807, 2.05) is 6.92 Å². The van der Waals surface area contributed by atoms with Crippen molar-refractivity contribution in [2.24, 2.45) is 5.92 Å². The molecule has 0 aromatic heterocycles. The highest BCUT2D eigenvalue weighted by Gasteiger charge is 2.30. The van der Waals surface area contributed by atoms with E-state index in [0.29, 0.717) is 12.5 Å². The van der Waals surface area contributed by atoms with Crippen LogP contribution in [-0.2, 0) is 4.79 Å². The molecule has 5 heteroatoms. The molecule has 1 rings (SSSR count). The number of nitrogens with zero attached hydrogens (tertiary/aromatic N) is 1. The molecule has 19 heavy (non-hydrogen) atoms. The maximum absolute atomic E-state index is 12.1. The Morgan fingerprint density at radius 2 is 2.00 bits per heavy atom. The lowest BCUT2D eigenvalue weighted by molar-refractivity contribution is -0.137. The predicted molar refractivity (Wildman–Crippen MR) is 74.0 cm³/mol. The summed E-state index contributed by atoms with van der Waals surface area (Å²) in [6, 6.07) is -0.115. The first kappa shape index (κ1) is 15.8. The Morgan fingerprint density at radius 3 is 2.58 bits per heavy atom. The standard InChI is InChI=1S/C14H26N2O3/c1-10(2)6-7-11(3)15-14(19)16-8-4-5-12(16)9-13(17)18/h10-12H,4-9H2,1-3H3,(H,15,19)(H,17,18). The fraction of sp³-hybridized carbons (Fsp3) is 0.857. The van der Waals surface area contributed by atoms with Crippen molar-refractivity contribution in [3.63, 3.8) is 0 Å². The van der Waals surface area contributed by atoms with Gasteiger partial charge in [-0.25, -0.2) is 4.79 Å². The third kappa shape index (κ3) is 5.49. The maximum Gasteiger partial charge on any atom is 0.317 e. The molecular formula is C14H26N2O3. The fourth-order valence-electron chi connectivity index (χ4n) is 2.47. The second-order valence-electron chi connectivity index (χ2n) is 5.91. The van der Waals surface area contributed by atoms with E-state index in [9.17, 15) is 9.59 Å². The molecule has 2 amide bonds. The molecule has 1 heterocycles. The first-order valence-electron chi connectivity index (χ1n) is 7.19. The largest absolute Gasteiger partial charge is 0.481 e. The van der Waals surface area contributed by atoms with Crippen molar-refractivity contribution < 1.29 is 14.7 Å². The molecule has 0 radical (unpaired) electrons. The van der Waals surface area contributed by atoms with E-state index in [0.717, 1.165) is 25.7 Å². The lowest BCUT2D eigenvalue weighted by Crippen LogP contribution is -2.46. The van der Waals surface area contributed by atoms with Crippen LogP contribution in [0.5, 0.6) is 0 Å². The van der Waals surface area contributed by atoms with Crippen molar-refractivity contribution in [1.82, 2.24) is 10.2 Å². The molecule has 0 aromatic rings. The topological polar surface area (TPSA) is 69.6 Å². The van der Waals surface area contributed by atoms with Gasteiger partial charge in [0.25, 0.3) is 0 Å². The Hall–Kier alpha value is -1.26. The van der Waals surface area contributed by atoms with E-state index in [4.69, 9.17) is 5.11 Å². The Kier molecular flexibility index (Phi) is 6.12. The second-order valence-corrected chi connectivity index (χ2v) is 5.91. The highest BCUT2D eigenvalue weighted by molar-refractivity contribution is 5.76. The van der Waals surface area contributed by atoms with Crippen LogP contribution in [0.1, 0.15) is 52.9 Å². The number of carbonyl (C=O) groups excluding carboxylic acids is 1. The number of rotatable bonds is 6. The van der Waals surface area contributed by atoms with E-state index < -0.39 is 5.97 Å². The third-order valence-corrected chi connectivity index (χ3v) is 3.60. The normalized spacial score (nSPS) is 20.6. The summed E-state index contributed by atoms with van der Waals surface area (Å²) < 4.78 is 0. The Balaban J connectivity index is 2.41. The van der Waals surface area contributed by atoms with Gasteiger partial charge in [-0.2, -0.15) is 0 Å². The highest BCUT2D eigenvalue weighted by Crippen LogP contribution is 2.20. The lowest BCUT2D eigenvalue weighted by atomic mass is 10.0. The molecule has 2 unspecified atom stereocenters. The number of carbonyl (C=O) groups is 2. The van der Waals surface area contributed by atoms with E-state index in [1.54, 1.807) is 4.90 Å². The minimum absolute atomic E-state index is 0.0494. The summed E-state index contributed by atoms with van der Waals surface area (Å²) in [4.78, 5) is 24.6. The molecule has 1 saturated heterocycles. The second kappa shape index (κ2) is 7.36. The summed E-state index contributed by atoms with van der Waals surface area (Å²) in [5.41, 5.74) is 0. The van der Waals surface area contributed by atoms with Crippen LogP contribution in [0.4, 0.5) is 4.79 Å². The number of urea groups is 1. The molecule has 1 aliphatic heterocycles. The lowest BCUT2D eigenvalue weighted by Gasteiger charge is -2.26. The van der Waals surface area contributed by atoms with Gasteiger partial charge in [-0.1, -0.05) is 13.8 Å². The number of aliphatic carboxylic acids is 1. The number of carboxylic acids is 1. The van der Waals surface area contributed by atoms with Crippen molar-refractivity contribution >= 4 is 12.0 Å². The molecule has 110 valence electrons. The van der Waals surface area contributed by atoms with Crippen molar-refractivity contribution in [3.05, 3.63) is 0 Å². The first-order chi connectivity index (χ1) is 8.90. The van der Waals surface area contributed by atoms with Gasteiger partial charge >= 0.3 is 12.0 Å². The van der Waals surface area contributed by atoms with E-state index in [-0.39, 0.29) is 24.5 Å². The van der Waals surface area contributed by atoms with Crippen molar-refractivity contribution in [2.45, 2.75) is 65.0 Å². The Bertz CT molecular complexity index is 318. The van der Waals surface area contributed by atoms with Gasteiger partial charge in [-0.05, 0) is 38.5 Å². The first-order valence-corrected chi connectivity index (χ1v) is 7.19. The molecule has 1 aliphatic rings. The summed E-state index contributed by atoms with van der Waals surface area (Å²) in [6.07, 6.45) is 3.78. The van der Waals surface area contributed by atoms with Crippen molar-refractivity contribution in [2.75, 3.05) is 6.54 Å². The van der Waals surface area contributed by atoms with E-state index in [2.05, 4.69) is 19.2 Å². The number of carboxylic acid groups (broad SMARTS) is 1. The van der Waals surface area contributed by atoms with Crippen LogP contribution >= 0.6 is 0 Å². The van der Waals surface area contributed by atoms with Crippen LogP contribution < -0.4 is 5.32 Å². The average Bonchev–Trinajstić information content (AvgIpc) is 2.73. The summed E-state index contributed by atoms with van der Waals surface area (Å²) in [6.45, 7) is 7.00. The number of hydrogen-bond acceptors (Lipinski definition) is 2. The van der Waals surface area contributed by atoms with E-state index >= 15 is 0 Å². The molecule has 0 spiro atoms. The molecular weight excluding hydrogens is 244 g/mol. The van der Waals surface area contributed by atoms with Crippen molar-refractivity contribution in [3.8, 4) is 0 Å². The smallest absolute Gasteiger partial charge is 0.317 e. The third-order valence-electron chi connectivity index (χ3n) is 3.60. The summed E-state index contributed by atoms with van der Waals surface area (Å²) in [7, 11) is 0. The highest BCUT2D eigenvalue weighted by atomic mass is 16.4. The average molecular weight is 270 g/mol. The van der Waals surface area contributed by atoms with Crippen LogP contribution in [-0.4, -0.2) is 40.6 Å². The Labute approximate surface area is 115 Å². The SMILES string of the molecule is CC(C)CCC(C)NC(=O)N1CCCC1CC(=O)O. The summed E-state index contributed by atoms with van der Waals surface area (Å²) >= 11 is 0. The zero-order valence-electron chi connectivity index (χ0n) is 12.2. The quantitative estimate of drug-likeness (QED) is 0.779. The molecule has 2 N–H and O–H groups in total. The summed E-state index contributed by atoms with van der Waals surface area (Å²) in [5, 5.41) is 11.8. The molecule has 1 fully saturated rings. The predicted octanol–water partition coefficient (Wildman–Crippen LogP) is 2.46. The number of amides is 2. The fourth-order valence-corrected chi connectivity index (χ4v) is 2.47. The zero-order chi connectivity index (χ0) is 14.4.